The second kappa shape index (κ2) is 6.09. The van der Waals surface area contributed by atoms with Crippen LogP contribution in [0.2, 0.25) is 0 Å². The van der Waals surface area contributed by atoms with Crippen molar-refractivity contribution >= 4 is 17.5 Å². The van der Waals surface area contributed by atoms with Crippen LogP contribution in [-0.2, 0) is 0 Å². The molecule has 1 aromatic carbocycles. The highest BCUT2D eigenvalue weighted by atomic mass is 32.2. The highest BCUT2D eigenvalue weighted by Gasteiger charge is 2.17. The summed E-state index contributed by atoms with van der Waals surface area (Å²) < 4.78 is 0. The van der Waals surface area contributed by atoms with Crippen LogP contribution in [0.3, 0.4) is 0 Å². The first-order valence-electron chi connectivity index (χ1n) is 5.81. The molecule has 0 radical (unpaired) electrons. The van der Waals surface area contributed by atoms with Crippen LogP contribution in [-0.4, -0.2) is 16.3 Å². The molecule has 2 heteroatoms. The van der Waals surface area contributed by atoms with Crippen LogP contribution >= 0.6 is 11.8 Å². The lowest BCUT2D eigenvalue weighted by molar-refractivity contribution is 0.0994. The highest BCUT2D eigenvalue weighted by Crippen LogP contribution is 2.23. The maximum atomic E-state index is 12.1. The fraction of sp³-hybridized carbons (Fsp3) is 0.500. The van der Waals surface area contributed by atoms with Gasteiger partial charge in [0.05, 0.1) is 5.25 Å². The third kappa shape index (κ3) is 3.67. The third-order valence-electron chi connectivity index (χ3n) is 2.72. The van der Waals surface area contributed by atoms with Crippen LogP contribution in [0.1, 0.15) is 43.1 Å². The summed E-state index contributed by atoms with van der Waals surface area (Å²) in [6.45, 7) is 8.36. The Hall–Kier alpha value is -0.760. The Morgan fingerprint density at radius 2 is 1.81 bits per heavy atom. The first-order chi connectivity index (χ1) is 7.54. The van der Waals surface area contributed by atoms with E-state index in [0.717, 1.165) is 12.0 Å². The molecule has 88 valence electrons. The van der Waals surface area contributed by atoms with Crippen LogP contribution in [0, 0.1) is 6.92 Å². The van der Waals surface area contributed by atoms with Crippen molar-refractivity contribution in [3.8, 4) is 0 Å². The molecule has 0 heterocycles. The lowest BCUT2D eigenvalue weighted by Gasteiger charge is -2.14. The van der Waals surface area contributed by atoms with Crippen molar-refractivity contribution in [3.63, 3.8) is 0 Å². The zero-order valence-corrected chi connectivity index (χ0v) is 11.3. The molecule has 0 fully saturated rings. The molecule has 16 heavy (non-hydrogen) atoms. The molecule has 1 nitrogen and oxygen atoms in total. The van der Waals surface area contributed by atoms with Gasteiger partial charge in [-0.3, -0.25) is 4.79 Å². The van der Waals surface area contributed by atoms with Gasteiger partial charge in [0.1, 0.15) is 0 Å². The van der Waals surface area contributed by atoms with Gasteiger partial charge in [-0.15, -0.1) is 11.8 Å². The van der Waals surface area contributed by atoms with Gasteiger partial charge in [0.15, 0.2) is 5.78 Å². The number of benzene rings is 1. The van der Waals surface area contributed by atoms with Crippen LogP contribution in [0.5, 0.6) is 0 Å². The number of ketones is 1. The molecule has 0 saturated heterocycles. The Kier molecular flexibility index (Phi) is 5.07. The molecular formula is C14H20OS. The molecule has 0 amide bonds. The minimum atomic E-state index is 0.0534. The molecule has 0 spiro atoms. The van der Waals surface area contributed by atoms with Gasteiger partial charge in [-0.25, -0.2) is 0 Å². The first kappa shape index (κ1) is 13.3. The third-order valence-corrected chi connectivity index (χ3v) is 4.14. The fourth-order valence-electron chi connectivity index (χ4n) is 1.46. The van der Waals surface area contributed by atoms with E-state index in [2.05, 4.69) is 13.8 Å². The zero-order valence-electron chi connectivity index (χ0n) is 10.5. The van der Waals surface area contributed by atoms with E-state index in [-0.39, 0.29) is 11.0 Å². The van der Waals surface area contributed by atoms with E-state index in [1.807, 2.05) is 38.1 Å². The average molecular weight is 236 g/mol. The Bertz CT molecular complexity index is 342. The normalized spacial score (nSPS) is 14.5. The van der Waals surface area contributed by atoms with Crippen LogP contribution in [0.15, 0.2) is 24.3 Å². The van der Waals surface area contributed by atoms with Crippen molar-refractivity contribution in [3.05, 3.63) is 35.4 Å². The van der Waals surface area contributed by atoms with E-state index >= 15 is 0 Å². The van der Waals surface area contributed by atoms with Crippen molar-refractivity contribution in [2.24, 2.45) is 0 Å². The maximum absolute atomic E-state index is 12.1. The molecule has 0 N–H and O–H groups in total. The Balaban J connectivity index is 2.67. The van der Waals surface area contributed by atoms with Crippen molar-refractivity contribution in [2.45, 2.75) is 44.6 Å². The minimum Gasteiger partial charge on any atom is -0.293 e. The molecule has 0 saturated carbocycles. The molecule has 0 aliphatic rings. The van der Waals surface area contributed by atoms with Gasteiger partial charge in [0.25, 0.3) is 0 Å². The number of hydrogen-bond donors (Lipinski definition) is 0. The number of Topliss-reactive ketones (excluding diaryl/α,β-unsaturated/α-hetero) is 1. The van der Waals surface area contributed by atoms with E-state index < -0.39 is 0 Å². The summed E-state index contributed by atoms with van der Waals surface area (Å²) in [5, 5.41) is 0.599. The number of rotatable bonds is 5. The zero-order chi connectivity index (χ0) is 12.1. The molecule has 2 atom stereocenters. The Morgan fingerprint density at radius 3 is 2.31 bits per heavy atom. The summed E-state index contributed by atoms with van der Waals surface area (Å²) in [5.74, 6) is 0.241. The number of aryl methyl sites for hydroxylation is 1. The Morgan fingerprint density at radius 1 is 1.25 bits per heavy atom. The topological polar surface area (TPSA) is 17.1 Å². The smallest absolute Gasteiger partial charge is 0.175 e. The van der Waals surface area contributed by atoms with Gasteiger partial charge in [-0.2, -0.15) is 0 Å². The maximum Gasteiger partial charge on any atom is 0.175 e. The molecule has 0 aromatic heterocycles. The lowest BCUT2D eigenvalue weighted by Crippen LogP contribution is -2.16. The van der Waals surface area contributed by atoms with Gasteiger partial charge in [-0.05, 0) is 20.3 Å². The second-order valence-corrected chi connectivity index (χ2v) is 6.01. The summed E-state index contributed by atoms with van der Waals surface area (Å²) >= 11 is 1.76. The van der Waals surface area contributed by atoms with Crippen molar-refractivity contribution in [2.75, 3.05) is 0 Å². The summed E-state index contributed by atoms with van der Waals surface area (Å²) in [5.41, 5.74) is 2.02. The van der Waals surface area contributed by atoms with Crippen molar-refractivity contribution in [1.29, 1.82) is 0 Å². The fourth-order valence-corrected chi connectivity index (χ4v) is 2.61. The monoisotopic (exact) mass is 236 g/mol. The van der Waals surface area contributed by atoms with Gasteiger partial charge in [-0.1, -0.05) is 43.7 Å². The summed E-state index contributed by atoms with van der Waals surface area (Å²) in [6, 6.07) is 7.83. The van der Waals surface area contributed by atoms with E-state index in [9.17, 15) is 4.79 Å². The molecular weight excluding hydrogens is 216 g/mol. The summed E-state index contributed by atoms with van der Waals surface area (Å²) in [6.07, 6.45) is 1.11. The van der Waals surface area contributed by atoms with E-state index in [4.69, 9.17) is 0 Å². The van der Waals surface area contributed by atoms with Gasteiger partial charge in [0, 0.05) is 10.8 Å². The molecule has 0 aliphatic heterocycles. The van der Waals surface area contributed by atoms with Gasteiger partial charge >= 0.3 is 0 Å². The van der Waals surface area contributed by atoms with E-state index in [0.29, 0.717) is 5.25 Å². The molecule has 0 bridgehead atoms. The van der Waals surface area contributed by atoms with Crippen molar-refractivity contribution in [1.82, 2.24) is 0 Å². The predicted molar refractivity (Wildman–Crippen MR) is 72.3 cm³/mol. The molecule has 0 aliphatic carbocycles. The summed E-state index contributed by atoms with van der Waals surface area (Å²) in [7, 11) is 0. The minimum absolute atomic E-state index is 0.0534. The SMILES string of the molecule is CCC(C)SC(C)C(=O)c1ccc(C)cc1. The number of hydrogen-bond acceptors (Lipinski definition) is 2. The van der Waals surface area contributed by atoms with Crippen LogP contribution < -0.4 is 0 Å². The second-order valence-electron chi connectivity index (χ2n) is 4.23. The van der Waals surface area contributed by atoms with Crippen LogP contribution in [0.25, 0.3) is 0 Å². The standard InChI is InChI=1S/C14H20OS/c1-5-11(3)16-12(4)14(15)13-8-6-10(2)7-9-13/h6-9,11-12H,5H2,1-4H3. The van der Waals surface area contributed by atoms with Crippen LogP contribution in [0.4, 0.5) is 0 Å². The van der Waals surface area contributed by atoms with Crippen molar-refractivity contribution < 1.29 is 4.79 Å². The average Bonchev–Trinajstić information content (AvgIpc) is 2.28. The largest absolute Gasteiger partial charge is 0.293 e. The van der Waals surface area contributed by atoms with Gasteiger partial charge < -0.3 is 0 Å². The number of carbonyl (C=O) groups excluding carboxylic acids is 1. The first-order valence-corrected chi connectivity index (χ1v) is 6.75. The summed E-state index contributed by atoms with van der Waals surface area (Å²) in [4.78, 5) is 12.1. The molecule has 1 aromatic rings. The predicted octanol–water partition coefficient (Wildman–Crippen LogP) is 4.10. The lowest BCUT2D eigenvalue weighted by atomic mass is 10.1. The molecule has 1 rings (SSSR count). The quantitative estimate of drug-likeness (QED) is 0.716. The van der Waals surface area contributed by atoms with E-state index in [1.54, 1.807) is 11.8 Å². The van der Waals surface area contributed by atoms with Gasteiger partial charge in [0.2, 0.25) is 0 Å². The number of thioether (sulfide) groups is 1. The highest BCUT2D eigenvalue weighted by molar-refractivity contribution is 8.01. The van der Waals surface area contributed by atoms with E-state index in [1.165, 1.54) is 5.56 Å². The Labute approximate surface area is 103 Å². The number of carbonyl (C=O) groups is 1. The molecule has 2 unspecified atom stereocenters.